The molecule has 1 aliphatic rings. The minimum atomic E-state index is -0.118. The Hall–Kier alpha value is -2.73. The molecule has 0 radical (unpaired) electrons. The molecule has 0 saturated carbocycles. The van der Waals surface area contributed by atoms with E-state index in [1.165, 1.54) is 5.56 Å². The van der Waals surface area contributed by atoms with Crippen molar-refractivity contribution in [2.24, 2.45) is 0 Å². The van der Waals surface area contributed by atoms with Gasteiger partial charge in [0.05, 0.1) is 11.4 Å². The molecule has 1 unspecified atom stereocenters. The zero-order chi connectivity index (χ0) is 20.2. The lowest BCUT2D eigenvalue weighted by Crippen LogP contribution is -2.65. The number of anilines is 2. The smallest absolute Gasteiger partial charge is 0.210 e. The first kappa shape index (κ1) is 19.6. The summed E-state index contributed by atoms with van der Waals surface area (Å²) in [5, 5.41) is 4.58. The molecule has 3 aromatic carbocycles. The van der Waals surface area contributed by atoms with Gasteiger partial charge in [-0.2, -0.15) is 0 Å². The Morgan fingerprint density at radius 1 is 0.793 bits per heavy atom. The van der Waals surface area contributed by atoms with Gasteiger partial charge in [0.15, 0.2) is 0 Å². The molecular formula is C24H26N4S. The van der Waals surface area contributed by atoms with E-state index in [1.807, 2.05) is 46.4 Å². The standard InChI is InChI=1S/C24H26N4S/c1-3-18(2)19-14-16-20(17-15-19)23-25-27(21-10-6-4-7-11-21)24(29)28(26-23)22-12-8-5-9-13-22/h4-18,23,25-26H,3H2,1-2H3. The van der Waals surface area contributed by atoms with Gasteiger partial charge >= 0.3 is 0 Å². The van der Waals surface area contributed by atoms with E-state index in [1.54, 1.807) is 0 Å². The summed E-state index contributed by atoms with van der Waals surface area (Å²) in [5.74, 6) is 0.561. The van der Waals surface area contributed by atoms with Crippen LogP contribution in [0, 0.1) is 0 Å². The zero-order valence-electron chi connectivity index (χ0n) is 16.7. The fourth-order valence-corrected chi connectivity index (χ4v) is 3.74. The maximum absolute atomic E-state index is 5.81. The second-order valence-electron chi connectivity index (χ2n) is 7.29. The van der Waals surface area contributed by atoms with Crippen LogP contribution in [0.2, 0.25) is 0 Å². The predicted octanol–water partition coefficient (Wildman–Crippen LogP) is 5.52. The van der Waals surface area contributed by atoms with Crippen LogP contribution in [0.1, 0.15) is 43.5 Å². The van der Waals surface area contributed by atoms with Crippen LogP contribution in [0.4, 0.5) is 11.4 Å². The molecule has 4 nitrogen and oxygen atoms in total. The van der Waals surface area contributed by atoms with E-state index in [0.717, 1.165) is 23.4 Å². The van der Waals surface area contributed by atoms with Crippen LogP contribution in [0.15, 0.2) is 84.9 Å². The molecule has 4 rings (SSSR count). The topological polar surface area (TPSA) is 30.5 Å². The van der Waals surface area contributed by atoms with E-state index in [-0.39, 0.29) is 6.17 Å². The highest BCUT2D eigenvalue weighted by Crippen LogP contribution is 2.27. The van der Waals surface area contributed by atoms with Crippen molar-refractivity contribution < 1.29 is 0 Å². The first-order valence-corrected chi connectivity index (χ1v) is 10.4. The number of hydrogen-bond donors (Lipinski definition) is 2. The van der Waals surface area contributed by atoms with Gasteiger partial charge in [0.2, 0.25) is 5.11 Å². The summed E-state index contributed by atoms with van der Waals surface area (Å²) in [4.78, 5) is 0. The van der Waals surface area contributed by atoms with Crippen molar-refractivity contribution in [1.82, 2.24) is 10.9 Å². The number of hydrazine groups is 2. The first-order chi connectivity index (χ1) is 14.2. The minimum Gasteiger partial charge on any atom is -0.249 e. The normalized spacial score (nSPS) is 16.1. The molecule has 1 aliphatic heterocycles. The molecule has 1 saturated heterocycles. The second kappa shape index (κ2) is 8.74. The maximum Gasteiger partial charge on any atom is 0.210 e. The number of para-hydroxylation sites is 2. The van der Waals surface area contributed by atoms with Crippen molar-refractivity contribution in [1.29, 1.82) is 0 Å². The third-order valence-corrected chi connectivity index (χ3v) is 5.74. The molecule has 0 amide bonds. The van der Waals surface area contributed by atoms with Crippen LogP contribution in [0.25, 0.3) is 0 Å². The van der Waals surface area contributed by atoms with Crippen LogP contribution >= 0.6 is 12.2 Å². The zero-order valence-corrected chi connectivity index (χ0v) is 17.6. The van der Waals surface area contributed by atoms with Gasteiger partial charge in [-0.05, 0) is 59.9 Å². The number of rotatable bonds is 5. The molecule has 0 bridgehead atoms. The number of benzene rings is 3. The van der Waals surface area contributed by atoms with Gasteiger partial charge in [-0.25, -0.2) is 20.9 Å². The van der Waals surface area contributed by atoms with Gasteiger partial charge in [0, 0.05) is 0 Å². The SMILES string of the molecule is CCC(C)c1ccc(C2NN(c3ccccc3)C(=S)N(c3ccccc3)N2)cc1. The highest BCUT2D eigenvalue weighted by molar-refractivity contribution is 7.80. The Balaban J connectivity index is 1.67. The summed E-state index contributed by atoms with van der Waals surface area (Å²) in [7, 11) is 0. The maximum atomic E-state index is 5.81. The lowest BCUT2D eigenvalue weighted by Gasteiger charge is -2.43. The second-order valence-corrected chi connectivity index (χ2v) is 7.66. The van der Waals surface area contributed by atoms with E-state index >= 15 is 0 Å². The molecule has 1 atom stereocenters. The van der Waals surface area contributed by atoms with Crippen LogP contribution in [0.3, 0.4) is 0 Å². The van der Waals surface area contributed by atoms with Crippen molar-refractivity contribution >= 4 is 28.7 Å². The van der Waals surface area contributed by atoms with Crippen molar-refractivity contribution in [3.63, 3.8) is 0 Å². The van der Waals surface area contributed by atoms with E-state index in [4.69, 9.17) is 12.2 Å². The largest absolute Gasteiger partial charge is 0.249 e. The van der Waals surface area contributed by atoms with Crippen LogP contribution < -0.4 is 20.9 Å². The average molecular weight is 403 g/mol. The molecule has 2 N–H and O–H groups in total. The van der Waals surface area contributed by atoms with Gasteiger partial charge in [-0.3, -0.25) is 0 Å². The highest BCUT2D eigenvalue weighted by Gasteiger charge is 2.31. The fraction of sp³-hybridized carbons (Fsp3) is 0.208. The molecule has 29 heavy (non-hydrogen) atoms. The molecule has 1 fully saturated rings. The molecule has 0 aliphatic carbocycles. The monoisotopic (exact) mass is 402 g/mol. The Labute approximate surface area is 178 Å². The number of thiocarbonyl (C=S) groups is 1. The number of nitrogens with one attached hydrogen (secondary N) is 2. The first-order valence-electron chi connectivity index (χ1n) is 10.0. The Morgan fingerprint density at radius 3 is 1.72 bits per heavy atom. The predicted molar refractivity (Wildman–Crippen MR) is 125 cm³/mol. The summed E-state index contributed by atoms with van der Waals surface area (Å²) < 4.78 is 0. The summed E-state index contributed by atoms with van der Waals surface area (Å²) in [6.45, 7) is 4.48. The van der Waals surface area contributed by atoms with Crippen molar-refractivity contribution in [3.8, 4) is 0 Å². The van der Waals surface area contributed by atoms with Crippen molar-refractivity contribution in [2.75, 3.05) is 10.0 Å². The van der Waals surface area contributed by atoms with E-state index < -0.39 is 0 Å². The minimum absolute atomic E-state index is 0.118. The van der Waals surface area contributed by atoms with E-state index in [9.17, 15) is 0 Å². The van der Waals surface area contributed by atoms with Gasteiger partial charge in [-0.15, -0.1) is 0 Å². The molecular weight excluding hydrogens is 376 g/mol. The van der Waals surface area contributed by atoms with E-state index in [0.29, 0.717) is 11.0 Å². The van der Waals surface area contributed by atoms with Crippen molar-refractivity contribution in [2.45, 2.75) is 32.4 Å². The number of hydrogen-bond acceptors (Lipinski definition) is 3. The van der Waals surface area contributed by atoms with Gasteiger partial charge in [0.25, 0.3) is 0 Å². The summed E-state index contributed by atoms with van der Waals surface area (Å²) in [6, 6.07) is 29.1. The lowest BCUT2D eigenvalue weighted by molar-refractivity contribution is 0.428. The quantitative estimate of drug-likeness (QED) is 0.549. The Bertz CT molecular complexity index is 892. The molecule has 1 heterocycles. The summed E-state index contributed by atoms with van der Waals surface area (Å²) in [6.07, 6.45) is 1.02. The number of nitrogens with zero attached hydrogens (tertiary/aromatic N) is 2. The van der Waals surface area contributed by atoms with Crippen LogP contribution in [-0.2, 0) is 0 Å². The highest BCUT2D eigenvalue weighted by atomic mass is 32.1. The molecule has 5 heteroatoms. The van der Waals surface area contributed by atoms with Gasteiger partial charge < -0.3 is 0 Å². The average Bonchev–Trinajstić information content (AvgIpc) is 2.80. The van der Waals surface area contributed by atoms with Crippen LogP contribution in [0.5, 0.6) is 0 Å². The Morgan fingerprint density at radius 2 is 1.28 bits per heavy atom. The fourth-order valence-electron chi connectivity index (χ4n) is 3.42. The molecule has 3 aromatic rings. The summed E-state index contributed by atoms with van der Waals surface area (Å²) in [5.41, 5.74) is 11.6. The third kappa shape index (κ3) is 4.17. The Kier molecular flexibility index (Phi) is 5.90. The lowest BCUT2D eigenvalue weighted by atomic mass is 9.97. The molecule has 0 aromatic heterocycles. The van der Waals surface area contributed by atoms with Crippen molar-refractivity contribution in [3.05, 3.63) is 96.1 Å². The molecule has 148 valence electrons. The van der Waals surface area contributed by atoms with Gasteiger partial charge in [-0.1, -0.05) is 74.5 Å². The van der Waals surface area contributed by atoms with Gasteiger partial charge in [0.1, 0.15) is 6.17 Å². The molecule has 0 spiro atoms. The summed E-state index contributed by atoms with van der Waals surface area (Å²) >= 11 is 5.81. The van der Waals surface area contributed by atoms with E-state index in [2.05, 4.69) is 73.2 Å². The third-order valence-electron chi connectivity index (χ3n) is 5.38. The van der Waals surface area contributed by atoms with Crippen LogP contribution in [-0.4, -0.2) is 5.11 Å².